The molecule has 132 valence electrons. The third-order valence-electron chi connectivity index (χ3n) is 6.13. The zero-order chi connectivity index (χ0) is 17.1. The van der Waals surface area contributed by atoms with E-state index in [4.69, 9.17) is 4.74 Å². The van der Waals surface area contributed by atoms with Gasteiger partial charge in [-0.3, -0.25) is 4.79 Å². The highest BCUT2D eigenvalue weighted by Crippen LogP contribution is 2.62. The third-order valence-corrected chi connectivity index (χ3v) is 7.76. The molecule has 4 saturated carbocycles. The van der Waals surface area contributed by atoms with Crippen LogP contribution in [-0.4, -0.2) is 21.7 Å². The van der Waals surface area contributed by atoms with Crippen LogP contribution in [0.4, 0.5) is 0 Å². The van der Waals surface area contributed by atoms with Crippen molar-refractivity contribution >= 4 is 28.6 Å². The maximum absolute atomic E-state index is 12.9. The van der Waals surface area contributed by atoms with E-state index in [0.29, 0.717) is 18.3 Å². The number of rotatable bonds is 4. The minimum atomic E-state index is -0.629. The molecule has 2 aromatic heterocycles. The summed E-state index contributed by atoms with van der Waals surface area (Å²) in [6, 6.07) is 2.05. The average Bonchev–Trinajstić information content (AvgIpc) is 3.21. The molecule has 2 aromatic rings. The molecule has 6 rings (SSSR count). The lowest BCUT2D eigenvalue weighted by atomic mass is 9.48. The molecule has 0 aliphatic heterocycles. The summed E-state index contributed by atoms with van der Waals surface area (Å²) in [6.07, 6.45) is 5.28. The van der Waals surface area contributed by atoms with Crippen molar-refractivity contribution in [2.24, 2.45) is 17.3 Å². The number of aliphatic hydroxyl groups is 1. The van der Waals surface area contributed by atoms with Crippen LogP contribution in [0.15, 0.2) is 22.2 Å². The van der Waals surface area contributed by atoms with Gasteiger partial charge < -0.3 is 9.84 Å². The number of carbonyl (C=O) groups is 1. The van der Waals surface area contributed by atoms with Crippen LogP contribution in [-0.2, 0) is 16.1 Å². The van der Waals surface area contributed by atoms with Crippen molar-refractivity contribution in [2.45, 2.75) is 50.7 Å². The highest BCUT2D eigenvalue weighted by atomic mass is 32.1. The Morgan fingerprint density at radius 2 is 2.08 bits per heavy atom. The fourth-order valence-electron chi connectivity index (χ4n) is 5.64. The zero-order valence-electron chi connectivity index (χ0n) is 13.9. The van der Waals surface area contributed by atoms with Gasteiger partial charge in [-0.05, 0) is 61.8 Å². The van der Waals surface area contributed by atoms with Crippen molar-refractivity contribution in [3.63, 3.8) is 0 Å². The summed E-state index contributed by atoms with van der Waals surface area (Å²) in [5.74, 6) is 0.858. The van der Waals surface area contributed by atoms with E-state index in [1.54, 1.807) is 22.7 Å². The Kier molecular flexibility index (Phi) is 3.60. The Morgan fingerprint density at radius 3 is 2.76 bits per heavy atom. The lowest BCUT2D eigenvalue weighted by Crippen LogP contribution is -2.58. The van der Waals surface area contributed by atoms with Gasteiger partial charge in [-0.1, -0.05) is 0 Å². The Hall–Kier alpha value is -1.24. The number of thiazole rings is 1. The van der Waals surface area contributed by atoms with E-state index in [0.717, 1.165) is 41.9 Å². The van der Waals surface area contributed by atoms with E-state index in [1.165, 1.54) is 6.42 Å². The van der Waals surface area contributed by atoms with Crippen molar-refractivity contribution in [3.8, 4) is 10.6 Å². The predicted octanol–water partition coefficient (Wildman–Crippen LogP) is 4.25. The molecule has 0 spiro atoms. The molecule has 2 heterocycles. The second kappa shape index (κ2) is 5.63. The normalized spacial score (nSPS) is 35.9. The summed E-state index contributed by atoms with van der Waals surface area (Å²) in [5, 5.41) is 17.8. The van der Waals surface area contributed by atoms with E-state index in [9.17, 15) is 9.90 Å². The molecule has 0 aromatic carbocycles. The van der Waals surface area contributed by atoms with Crippen LogP contribution in [0.3, 0.4) is 0 Å². The van der Waals surface area contributed by atoms with Crippen LogP contribution >= 0.6 is 22.7 Å². The maximum atomic E-state index is 12.9. The number of esters is 1. The van der Waals surface area contributed by atoms with Crippen molar-refractivity contribution in [3.05, 3.63) is 27.9 Å². The van der Waals surface area contributed by atoms with Gasteiger partial charge in [-0.25, -0.2) is 4.98 Å². The molecule has 25 heavy (non-hydrogen) atoms. The first kappa shape index (κ1) is 16.0. The van der Waals surface area contributed by atoms with Gasteiger partial charge >= 0.3 is 5.97 Å². The lowest BCUT2D eigenvalue weighted by molar-refractivity contribution is -0.197. The highest BCUT2D eigenvalue weighted by Gasteiger charge is 2.60. The topological polar surface area (TPSA) is 59.4 Å². The molecule has 4 nitrogen and oxygen atoms in total. The summed E-state index contributed by atoms with van der Waals surface area (Å²) in [6.45, 7) is 0.231. The molecule has 0 amide bonds. The SMILES string of the molecule is O=C(OCc1csc(-c2ccsc2)n1)C12CC3CC(CC(O)(C3)C1)C2. The van der Waals surface area contributed by atoms with E-state index in [2.05, 4.69) is 16.4 Å². The standard InChI is InChI=1S/C19H21NO3S2/c21-17(18-4-12-3-13(5-18)7-19(22,6-12)11-18)23-8-15-10-25-16(20-15)14-1-2-24-9-14/h1-2,9-10,12-13,22H,3-8,11H2. The second-order valence-electron chi connectivity index (χ2n) is 8.20. The predicted molar refractivity (Wildman–Crippen MR) is 97.3 cm³/mol. The first-order valence-electron chi connectivity index (χ1n) is 8.90. The molecule has 0 radical (unpaired) electrons. The molecular weight excluding hydrogens is 354 g/mol. The fraction of sp³-hybridized carbons (Fsp3) is 0.579. The van der Waals surface area contributed by atoms with Crippen LogP contribution in [0, 0.1) is 17.3 Å². The average molecular weight is 376 g/mol. The molecule has 1 N–H and O–H groups in total. The van der Waals surface area contributed by atoms with Gasteiger partial charge in [-0.2, -0.15) is 11.3 Å². The molecule has 2 atom stereocenters. The molecule has 4 aliphatic rings. The minimum absolute atomic E-state index is 0.120. The molecule has 0 saturated heterocycles. The van der Waals surface area contributed by atoms with Crippen LogP contribution in [0.1, 0.15) is 44.2 Å². The summed E-state index contributed by atoms with van der Waals surface area (Å²) in [7, 11) is 0. The zero-order valence-corrected chi connectivity index (χ0v) is 15.6. The quantitative estimate of drug-likeness (QED) is 0.812. The number of nitrogens with zero attached hydrogens (tertiary/aromatic N) is 1. The summed E-state index contributed by atoms with van der Waals surface area (Å²) in [4.78, 5) is 17.5. The van der Waals surface area contributed by atoms with Crippen LogP contribution < -0.4 is 0 Å². The van der Waals surface area contributed by atoms with Crippen LogP contribution in [0.5, 0.6) is 0 Å². The Bertz CT molecular complexity index is 783. The minimum Gasteiger partial charge on any atom is -0.459 e. The van der Waals surface area contributed by atoms with Gasteiger partial charge in [0.25, 0.3) is 0 Å². The number of carbonyl (C=O) groups excluding carboxylic acids is 1. The van der Waals surface area contributed by atoms with E-state index >= 15 is 0 Å². The van der Waals surface area contributed by atoms with E-state index in [1.807, 2.05) is 10.8 Å². The van der Waals surface area contributed by atoms with Crippen LogP contribution in [0.25, 0.3) is 10.6 Å². The summed E-state index contributed by atoms with van der Waals surface area (Å²) in [5.41, 5.74) is 0.847. The van der Waals surface area contributed by atoms with E-state index in [-0.39, 0.29) is 12.6 Å². The van der Waals surface area contributed by atoms with Crippen molar-refractivity contribution in [1.82, 2.24) is 4.98 Å². The molecular formula is C19H21NO3S2. The Morgan fingerprint density at radius 1 is 1.28 bits per heavy atom. The largest absolute Gasteiger partial charge is 0.459 e. The van der Waals surface area contributed by atoms with E-state index < -0.39 is 11.0 Å². The maximum Gasteiger partial charge on any atom is 0.312 e. The molecule has 6 heteroatoms. The lowest BCUT2D eigenvalue weighted by Gasteiger charge is -2.58. The Balaban J connectivity index is 1.28. The van der Waals surface area contributed by atoms with Gasteiger partial charge in [-0.15, -0.1) is 11.3 Å². The third kappa shape index (κ3) is 2.75. The number of thiophene rings is 1. The van der Waals surface area contributed by atoms with Crippen molar-refractivity contribution in [2.75, 3.05) is 0 Å². The Labute approximate surface area is 154 Å². The smallest absolute Gasteiger partial charge is 0.312 e. The first-order valence-corrected chi connectivity index (χ1v) is 10.7. The van der Waals surface area contributed by atoms with Gasteiger partial charge in [0.05, 0.1) is 16.7 Å². The molecule has 2 unspecified atom stereocenters. The molecule has 4 aliphatic carbocycles. The number of aromatic nitrogens is 1. The van der Waals surface area contributed by atoms with Gasteiger partial charge in [0.2, 0.25) is 0 Å². The number of hydrogen-bond acceptors (Lipinski definition) is 6. The summed E-state index contributed by atoms with van der Waals surface area (Å²) >= 11 is 3.23. The fourth-order valence-corrected chi connectivity index (χ4v) is 7.15. The molecule has 4 fully saturated rings. The van der Waals surface area contributed by atoms with Gasteiger partial charge in [0.15, 0.2) is 0 Å². The first-order chi connectivity index (χ1) is 12.0. The number of ether oxygens (including phenoxy) is 1. The second-order valence-corrected chi connectivity index (χ2v) is 9.84. The number of hydrogen-bond donors (Lipinski definition) is 1. The monoisotopic (exact) mass is 375 g/mol. The molecule has 4 bridgehead atoms. The van der Waals surface area contributed by atoms with Crippen LogP contribution in [0.2, 0.25) is 0 Å². The van der Waals surface area contributed by atoms with Crippen molar-refractivity contribution < 1.29 is 14.6 Å². The highest BCUT2D eigenvalue weighted by molar-refractivity contribution is 7.14. The van der Waals surface area contributed by atoms with Gasteiger partial charge in [0, 0.05) is 16.3 Å². The van der Waals surface area contributed by atoms with Crippen molar-refractivity contribution in [1.29, 1.82) is 0 Å². The summed E-state index contributed by atoms with van der Waals surface area (Å²) < 4.78 is 5.69. The van der Waals surface area contributed by atoms with Gasteiger partial charge in [0.1, 0.15) is 11.6 Å².